The molecular weight excluding hydrogens is 600 g/mol. The summed E-state index contributed by atoms with van der Waals surface area (Å²) in [5, 5.41) is 13.8. The van der Waals surface area contributed by atoms with Crippen LogP contribution in [0.4, 0.5) is 22.4 Å². The van der Waals surface area contributed by atoms with Crippen LogP contribution >= 0.6 is 0 Å². The van der Waals surface area contributed by atoms with Gasteiger partial charge in [-0.05, 0) is 61.7 Å². The van der Waals surface area contributed by atoms with Crippen LogP contribution in [0.3, 0.4) is 0 Å². The molecule has 0 spiro atoms. The van der Waals surface area contributed by atoms with Crippen LogP contribution in [0.2, 0.25) is 0 Å². The normalized spacial score (nSPS) is 16.3. The smallest absolute Gasteiger partial charge is 0.417 e. The number of carbonyl (C=O) groups is 3. The van der Waals surface area contributed by atoms with E-state index in [2.05, 4.69) is 5.32 Å². The molecule has 2 unspecified atom stereocenters. The lowest BCUT2D eigenvalue weighted by atomic mass is 9.99. The number of benzene rings is 3. The van der Waals surface area contributed by atoms with Crippen molar-refractivity contribution in [2.24, 2.45) is 0 Å². The summed E-state index contributed by atoms with van der Waals surface area (Å²) in [6, 6.07) is 14.5. The van der Waals surface area contributed by atoms with Crippen molar-refractivity contribution in [3.05, 3.63) is 100 Å². The highest BCUT2D eigenvalue weighted by atomic mass is 19.4. The number of carbonyl (C=O) groups excluding carboxylic acids is 3. The zero-order chi connectivity index (χ0) is 32.9. The summed E-state index contributed by atoms with van der Waals surface area (Å²) in [5.74, 6) is -2.87. The van der Waals surface area contributed by atoms with Gasteiger partial charge in [0.1, 0.15) is 24.3 Å². The van der Waals surface area contributed by atoms with E-state index >= 15 is 0 Å². The lowest BCUT2D eigenvalue weighted by Crippen LogP contribution is -2.49. The third kappa shape index (κ3) is 7.97. The first-order chi connectivity index (χ1) is 21.3. The number of alkyl halides is 3. The molecule has 1 aliphatic rings. The van der Waals surface area contributed by atoms with Gasteiger partial charge in [-0.15, -0.1) is 0 Å². The Morgan fingerprint density at radius 2 is 1.80 bits per heavy atom. The number of aliphatic hydroxyl groups excluding tert-OH is 1. The van der Waals surface area contributed by atoms with E-state index < -0.39 is 65.4 Å². The van der Waals surface area contributed by atoms with Crippen LogP contribution in [0.1, 0.15) is 52.6 Å². The van der Waals surface area contributed by atoms with Crippen LogP contribution in [0, 0.1) is 5.82 Å². The Balaban J connectivity index is 1.55. The van der Waals surface area contributed by atoms with Crippen molar-refractivity contribution in [1.82, 2.24) is 10.2 Å². The van der Waals surface area contributed by atoms with Crippen LogP contribution in [-0.2, 0) is 33.4 Å². The number of hydrogen-bond acceptors (Lipinski definition) is 7. The monoisotopic (exact) mass is 632 g/mol. The second kappa shape index (κ2) is 14.1. The average molecular weight is 633 g/mol. The second-order valence-electron chi connectivity index (χ2n) is 10.6. The minimum Gasteiger partial charge on any atom is -0.496 e. The Morgan fingerprint density at radius 3 is 2.42 bits per heavy atom. The fourth-order valence-corrected chi connectivity index (χ4v) is 4.91. The molecule has 0 aromatic heterocycles. The fraction of sp³-hybridized carbons (Fsp3) is 0.344. The van der Waals surface area contributed by atoms with Gasteiger partial charge in [0.25, 0.3) is 11.8 Å². The van der Waals surface area contributed by atoms with Crippen LogP contribution in [0.15, 0.2) is 66.7 Å². The molecule has 0 aliphatic carbocycles. The van der Waals surface area contributed by atoms with E-state index in [0.29, 0.717) is 18.1 Å². The largest absolute Gasteiger partial charge is 0.496 e. The van der Waals surface area contributed by atoms with E-state index in [1.807, 2.05) is 30.3 Å². The third-order valence-electron chi connectivity index (χ3n) is 7.09. The topological polar surface area (TPSA) is 114 Å². The molecule has 9 nitrogen and oxygen atoms in total. The number of halogens is 4. The third-order valence-corrected chi connectivity index (χ3v) is 7.09. The van der Waals surface area contributed by atoms with E-state index in [-0.39, 0.29) is 30.5 Å². The lowest BCUT2D eigenvalue weighted by Gasteiger charge is -2.29. The summed E-state index contributed by atoms with van der Waals surface area (Å²) >= 11 is 0. The van der Waals surface area contributed by atoms with Gasteiger partial charge < -0.3 is 24.6 Å². The Kier molecular flexibility index (Phi) is 10.5. The highest BCUT2D eigenvalue weighted by Gasteiger charge is 2.44. The van der Waals surface area contributed by atoms with Gasteiger partial charge in [0, 0.05) is 12.1 Å². The molecule has 0 saturated carbocycles. The molecule has 1 heterocycles. The van der Waals surface area contributed by atoms with Gasteiger partial charge in [-0.25, -0.2) is 14.1 Å². The van der Waals surface area contributed by atoms with Gasteiger partial charge in [0.15, 0.2) is 6.10 Å². The van der Waals surface area contributed by atoms with E-state index in [9.17, 15) is 37.1 Å². The summed E-state index contributed by atoms with van der Waals surface area (Å²) in [4.78, 5) is 40.0. The van der Waals surface area contributed by atoms with E-state index in [0.717, 1.165) is 16.5 Å². The van der Waals surface area contributed by atoms with Crippen molar-refractivity contribution in [3.63, 3.8) is 0 Å². The van der Waals surface area contributed by atoms with Crippen LogP contribution in [0.25, 0.3) is 0 Å². The quantitative estimate of drug-likeness (QED) is 0.280. The summed E-state index contributed by atoms with van der Waals surface area (Å²) < 4.78 is 69.3. The molecule has 45 heavy (non-hydrogen) atoms. The maximum Gasteiger partial charge on any atom is 0.417 e. The van der Waals surface area contributed by atoms with Crippen molar-refractivity contribution < 1.29 is 51.3 Å². The minimum absolute atomic E-state index is 0.0319. The number of methoxy groups -OCH3 is 1. The Labute approximate surface area is 256 Å². The Hall–Kier alpha value is -4.49. The number of nitrogens with one attached hydrogen (secondary N) is 1. The molecule has 1 saturated heterocycles. The number of cyclic esters (lactones) is 1. The molecule has 1 fully saturated rings. The van der Waals surface area contributed by atoms with Crippen molar-refractivity contribution in [3.8, 4) is 5.75 Å². The van der Waals surface area contributed by atoms with E-state index in [4.69, 9.17) is 14.2 Å². The van der Waals surface area contributed by atoms with Crippen LogP contribution < -0.4 is 10.1 Å². The first-order valence-corrected chi connectivity index (χ1v) is 14.0. The second-order valence-corrected chi connectivity index (χ2v) is 10.6. The van der Waals surface area contributed by atoms with Crippen molar-refractivity contribution in [2.75, 3.05) is 13.7 Å². The molecule has 3 aromatic rings. The standard InChI is InChI=1S/C32H32F4N2O7/c1-18(2)45-28(30(41)38-23(17-44-31(38)42)13-19-7-5-4-6-8-19)27(39)20-9-12-26(43-3)21(14-20)16-37-29(40)24-11-10-22(15-25(24)33)32(34,35)36/h4-12,14-15,18,23,27-28,39H,13,16-17H2,1-3H3,(H,37,40)/t23-,27?,28?/m0/s1. The molecular formula is C32H32F4N2O7. The Bertz CT molecular complexity index is 1530. The van der Waals surface area contributed by atoms with E-state index in [1.54, 1.807) is 13.8 Å². The average Bonchev–Trinajstić information content (AvgIpc) is 3.36. The number of nitrogens with zero attached hydrogens (tertiary/aromatic N) is 1. The molecule has 4 rings (SSSR count). The number of aliphatic hydroxyl groups is 1. The maximum atomic E-state index is 14.3. The molecule has 0 bridgehead atoms. The summed E-state index contributed by atoms with van der Waals surface area (Å²) in [5.41, 5.74) is -0.489. The van der Waals surface area contributed by atoms with Crippen molar-refractivity contribution >= 4 is 17.9 Å². The highest BCUT2D eigenvalue weighted by molar-refractivity contribution is 5.96. The molecule has 0 radical (unpaired) electrons. The molecule has 1 aliphatic heterocycles. The van der Waals surface area contributed by atoms with Gasteiger partial charge in [0.05, 0.1) is 30.4 Å². The molecule has 3 amide bonds. The lowest BCUT2D eigenvalue weighted by molar-refractivity contribution is -0.154. The molecule has 2 N–H and O–H groups in total. The zero-order valence-corrected chi connectivity index (χ0v) is 24.6. The van der Waals surface area contributed by atoms with Gasteiger partial charge >= 0.3 is 12.3 Å². The van der Waals surface area contributed by atoms with E-state index in [1.165, 1.54) is 25.3 Å². The Morgan fingerprint density at radius 1 is 1.09 bits per heavy atom. The summed E-state index contributed by atoms with van der Waals surface area (Å²) in [6.07, 6.45) is -8.95. The molecule has 3 aromatic carbocycles. The first-order valence-electron chi connectivity index (χ1n) is 14.0. The van der Waals surface area contributed by atoms with Gasteiger partial charge in [0.2, 0.25) is 0 Å². The van der Waals surface area contributed by atoms with Gasteiger partial charge in [-0.2, -0.15) is 13.2 Å². The van der Waals surface area contributed by atoms with Crippen LogP contribution in [0.5, 0.6) is 5.75 Å². The molecule has 13 heteroatoms. The summed E-state index contributed by atoms with van der Waals surface area (Å²) in [7, 11) is 1.35. The minimum atomic E-state index is -4.78. The first kappa shape index (κ1) is 33.4. The predicted octanol–water partition coefficient (Wildman–Crippen LogP) is 5.20. The number of rotatable bonds is 11. The number of hydrogen-bond donors (Lipinski definition) is 2. The number of ether oxygens (including phenoxy) is 3. The number of imide groups is 1. The highest BCUT2D eigenvalue weighted by Crippen LogP contribution is 2.31. The maximum absolute atomic E-state index is 14.3. The van der Waals surface area contributed by atoms with Gasteiger partial charge in [-0.3, -0.25) is 9.59 Å². The molecule has 3 atom stereocenters. The van der Waals surface area contributed by atoms with Crippen molar-refractivity contribution in [1.29, 1.82) is 0 Å². The predicted molar refractivity (Wildman–Crippen MR) is 153 cm³/mol. The van der Waals surface area contributed by atoms with Crippen LogP contribution in [-0.4, -0.2) is 59.9 Å². The molecule has 240 valence electrons. The summed E-state index contributed by atoms with van der Waals surface area (Å²) in [6.45, 7) is 3.01. The van der Waals surface area contributed by atoms with Crippen molar-refractivity contribution in [2.45, 2.75) is 57.3 Å². The SMILES string of the molecule is COc1ccc(C(O)C(OC(C)C)C(=O)N2C(=O)OC[C@@H]2Cc2ccccc2)cc1CNC(=O)c1ccc(C(F)(F)F)cc1F. The van der Waals surface area contributed by atoms with Gasteiger partial charge in [-0.1, -0.05) is 36.4 Å². The fourth-order valence-electron chi connectivity index (χ4n) is 4.91. The number of amides is 3. The zero-order valence-electron chi connectivity index (χ0n) is 24.6.